The molecule has 1 atom stereocenters. The van der Waals surface area contributed by atoms with Crippen LogP contribution < -0.4 is 11.1 Å². The Morgan fingerprint density at radius 1 is 1.20 bits per heavy atom. The van der Waals surface area contributed by atoms with Gasteiger partial charge in [-0.15, -0.1) is 0 Å². The predicted octanol–water partition coefficient (Wildman–Crippen LogP) is 3.47. The average molecular weight is 282 g/mol. The molecule has 1 aliphatic rings. The second-order valence-corrected chi connectivity index (χ2v) is 6.70. The van der Waals surface area contributed by atoms with Crippen LogP contribution >= 0.6 is 0 Å². The molecule has 3 nitrogen and oxygen atoms in total. The first-order chi connectivity index (χ1) is 9.65. The lowest BCUT2D eigenvalue weighted by molar-refractivity contribution is -0.121. The maximum Gasteiger partial charge on any atom is 0.220 e. The molecule has 0 aliphatic heterocycles. The Hall–Kier alpha value is -0.570. The number of amides is 1. The standard InChI is InChI=1S/C17H34N2O/c1-3-4-15(11-12-18)9-10-17(20)19-13-16-7-5-14(2)6-8-16/h14-16H,3-13,18H2,1-2H3,(H,19,20). The van der Waals surface area contributed by atoms with E-state index in [0.29, 0.717) is 18.3 Å². The fourth-order valence-corrected chi connectivity index (χ4v) is 3.29. The summed E-state index contributed by atoms with van der Waals surface area (Å²) in [5, 5.41) is 3.14. The number of carbonyl (C=O) groups is 1. The number of nitrogens with two attached hydrogens (primary N) is 1. The van der Waals surface area contributed by atoms with Gasteiger partial charge in [0.05, 0.1) is 0 Å². The topological polar surface area (TPSA) is 55.1 Å². The molecule has 0 aromatic carbocycles. The van der Waals surface area contributed by atoms with Crippen LogP contribution in [0.25, 0.3) is 0 Å². The van der Waals surface area contributed by atoms with Crippen molar-refractivity contribution in [1.82, 2.24) is 5.32 Å². The van der Waals surface area contributed by atoms with Crippen LogP contribution in [0, 0.1) is 17.8 Å². The van der Waals surface area contributed by atoms with Crippen LogP contribution in [0.4, 0.5) is 0 Å². The third kappa shape index (κ3) is 7.28. The third-order valence-corrected chi connectivity index (χ3v) is 4.77. The van der Waals surface area contributed by atoms with E-state index in [4.69, 9.17) is 5.73 Å². The number of nitrogens with one attached hydrogen (secondary N) is 1. The first-order valence-corrected chi connectivity index (χ1v) is 8.62. The fourth-order valence-electron chi connectivity index (χ4n) is 3.29. The van der Waals surface area contributed by atoms with E-state index >= 15 is 0 Å². The molecule has 20 heavy (non-hydrogen) atoms. The Labute approximate surface area is 125 Å². The second-order valence-electron chi connectivity index (χ2n) is 6.70. The molecule has 1 amide bonds. The van der Waals surface area contributed by atoms with Crippen LogP contribution in [0.3, 0.4) is 0 Å². The van der Waals surface area contributed by atoms with Crippen molar-refractivity contribution in [2.75, 3.05) is 13.1 Å². The normalized spacial score (nSPS) is 24.4. The van der Waals surface area contributed by atoms with Gasteiger partial charge < -0.3 is 11.1 Å². The Balaban J connectivity index is 2.12. The summed E-state index contributed by atoms with van der Waals surface area (Å²) in [7, 11) is 0. The minimum Gasteiger partial charge on any atom is -0.356 e. The summed E-state index contributed by atoms with van der Waals surface area (Å²) in [6.45, 7) is 6.17. The smallest absolute Gasteiger partial charge is 0.220 e. The first kappa shape index (κ1) is 17.5. The van der Waals surface area contributed by atoms with Gasteiger partial charge >= 0.3 is 0 Å². The molecule has 0 heterocycles. The third-order valence-electron chi connectivity index (χ3n) is 4.77. The number of hydrogen-bond donors (Lipinski definition) is 2. The molecule has 3 heteroatoms. The molecule has 0 aromatic heterocycles. The minimum absolute atomic E-state index is 0.238. The summed E-state index contributed by atoms with van der Waals surface area (Å²) in [5.74, 6) is 2.46. The van der Waals surface area contributed by atoms with E-state index in [2.05, 4.69) is 19.2 Å². The monoisotopic (exact) mass is 282 g/mol. The van der Waals surface area contributed by atoms with Crippen molar-refractivity contribution in [3.8, 4) is 0 Å². The van der Waals surface area contributed by atoms with Crippen molar-refractivity contribution in [2.45, 2.75) is 71.6 Å². The molecule has 118 valence electrons. The van der Waals surface area contributed by atoms with Crippen molar-refractivity contribution in [3.63, 3.8) is 0 Å². The molecule has 1 rings (SSSR count). The van der Waals surface area contributed by atoms with Crippen LogP contribution in [0.2, 0.25) is 0 Å². The largest absolute Gasteiger partial charge is 0.356 e. The summed E-state index contributed by atoms with van der Waals surface area (Å²) >= 11 is 0. The highest BCUT2D eigenvalue weighted by Gasteiger charge is 2.18. The molecule has 1 unspecified atom stereocenters. The maximum absolute atomic E-state index is 11.9. The lowest BCUT2D eigenvalue weighted by Crippen LogP contribution is -2.31. The SMILES string of the molecule is CCCC(CCN)CCC(=O)NCC1CCC(C)CC1. The molecule has 1 fully saturated rings. The van der Waals surface area contributed by atoms with Crippen molar-refractivity contribution in [2.24, 2.45) is 23.5 Å². The molecule has 0 spiro atoms. The van der Waals surface area contributed by atoms with Crippen molar-refractivity contribution >= 4 is 5.91 Å². The van der Waals surface area contributed by atoms with Gasteiger partial charge in [0.1, 0.15) is 0 Å². The maximum atomic E-state index is 11.9. The van der Waals surface area contributed by atoms with Gasteiger partial charge in [0.2, 0.25) is 5.91 Å². The highest BCUT2D eigenvalue weighted by molar-refractivity contribution is 5.75. The zero-order valence-electron chi connectivity index (χ0n) is 13.5. The van der Waals surface area contributed by atoms with E-state index in [-0.39, 0.29) is 5.91 Å². The van der Waals surface area contributed by atoms with E-state index in [1.165, 1.54) is 38.5 Å². The molecule has 1 saturated carbocycles. The van der Waals surface area contributed by atoms with E-state index in [1.807, 2.05) is 0 Å². The Kier molecular flexibility index (Phi) is 8.92. The summed E-state index contributed by atoms with van der Waals surface area (Å²) in [4.78, 5) is 11.9. The minimum atomic E-state index is 0.238. The zero-order chi connectivity index (χ0) is 14.8. The molecule has 3 N–H and O–H groups in total. The van der Waals surface area contributed by atoms with Crippen molar-refractivity contribution in [3.05, 3.63) is 0 Å². The molecule has 1 aliphatic carbocycles. The fraction of sp³-hybridized carbons (Fsp3) is 0.941. The first-order valence-electron chi connectivity index (χ1n) is 8.62. The highest BCUT2D eigenvalue weighted by Crippen LogP contribution is 2.27. The zero-order valence-corrected chi connectivity index (χ0v) is 13.5. The number of carbonyl (C=O) groups excluding carboxylic acids is 1. The van der Waals surface area contributed by atoms with Gasteiger partial charge in [0, 0.05) is 13.0 Å². The van der Waals surface area contributed by atoms with Gasteiger partial charge in [-0.3, -0.25) is 4.79 Å². The van der Waals surface area contributed by atoms with Gasteiger partial charge in [-0.1, -0.05) is 39.5 Å². The van der Waals surface area contributed by atoms with Crippen molar-refractivity contribution in [1.29, 1.82) is 0 Å². The quantitative estimate of drug-likeness (QED) is 0.680. The predicted molar refractivity (Wildman–Crippen MR) is 85.4 cm³/mol. The summed E-state index contributed by atoms with van der Waals surface area (Å²) < 4.78 is 0. The van der Waals surface area contributed by atoms with E-state index < -0.39 is 0 Å². The van der Waals surface area contributed by atoms with Crippen LogP contribution in [0.1, 0.15) is 71.6 Å². The Morgan fingerprint density at radius 3 is 2.50 bits per heavy atom. The molecule has 0 saturated heterocycles. The average Bonchev–Trinajstić information content (AvgIpc) is 2.44. The van der Waals surface area contributed by atoms with E-state index in [1.54, 1.807) is 0 Å². The molecule has 0 aromatic rings. The van der Waals surface area contributed by atoms with Crippen LogP contribution in [-0.2, 0) is 4.79 Å². The molecule has 0 radical (unpaired) electrons. The van der Waals surface area contributed by atoms with Crippen LogP contribution in [-0.4, -0.2) is 19.0 Å². The van der Waals surface area contributed by atoms with Gasteiger partial charge in [-0.2, -0.15) is 0 Å². The Bertz CT molecular complexity index is 254. The second kappa shape index (κ2) is 10.2. The summed E-state index contributed by atoms with van der Waals surface area (Å²) in [6.07, 6.45) is 10.3. The summed E-state index contributed by atoms with van der Waals surface area (Å²) in [5.41, 5.74) is 5.63. The van der Waals surface area contributed by atoms with E-state index in [9.17, 15) is 4.79 Å². The van der Waals surface area contributed by atoms with E-state index in [0.717, 1.165) is 31.8 Å². The van der Waals surface area contributed by atoms with Gasteiger partial charge in [0.15, 0.2) is 0 Å². The van der Waals surface area contributed by atoms with Crippen molar-refractivity contribution < 1.29 is 4.79 Å². The lowest BCUT2D eigenvalue weighted by Gasteiger charge is -2.26. The Morgan fingerprint density at radius 2 is 1.90 bits per heavy atom. The van der Waals surface area contributed by atoms with Crippen LogP contribution in [0.15, 0.2) is 0 Å². The lowest BCUT2D eigenvalue weighted by atomic mass is 9.83. The molecular formula is C17H34N2O. The molecule has 0 bridgehead atoms. The van der Waals surface area contributed by atoms with Gasteiger partial charge in [-0.05, 0) is 50.0 Å². The van der Waals surface area contributed by atoms with Gasteiger partial charge in [-0.25, -0.2) is 0 Å². The highest BCUT2D eigenvalue weighted by atomic mass is 16.1. The molecular weight excluding hydrogens is 248 g/mol. The number of hydrogen-bond acceptors (Lipinski definition) is 2. The number of rotatable bonds is 9. The van der Waals surface area contributed by atoms with Crippen LogP contribution in [0.5, 0.6) is 0 Å². The summed E-state index contributed by atoms with van der Waals surface area (Å²) in [6, 6.07) is 0. The van der Waals surface area contributed by atoms with Gasteiger partial charge in [0.25, 0.3) is 0 Å².